The van der Waals surface area contributed by atoms with Crippen LogP contribution in [0.2, 0.25) is 0 Å². The van der Waals surface area contributed by atoms with Crippen LogP contribution in [0.15, 0.2) is 91.0 Å². The van der Waals surface area contributed by atoms with Crippen molar-refractivity contribution in [2.45, 2.75) is 45.4 Å². The van der Waals surface area contributed by atoms with E-state index < -0.39 is 6.75 Å². The van der Waals surface area contributed by atoms with Gasteiger partial charge >= 0.3 is 193 Å². The Labute approximate surface area is 192 Å². The molecule has 0 aliphatic heterocycles. The molecule has 0 aliphatic rings. The summed E-state index contributed by atoms with van der Waals surface area (Å²) >= 11 is 0. The van der Waals surface area contributed by atoms with Gasteiger partial charge in [0, 0.05) is 0 Å². The molecule has 3 aromatic rings. The van der Waals surface area contributed by atoms with Crippen LogP contribution in [0, 0.1) is 22.9 Å². The normalized spacial score (nSPS) is 12.2. The summed E-state index contributed by atoms with van der Waals surface area (Å²) in [4.78, 5) is 0. The van der Waals surface area contributed by atoms with E-state index in [1.54, 1.807) is 0 Å². The van der Waals surface area contributed by atoms with Crippen LogP contribution >= 0.6 is 6.75 Å². The van der Waals surface area contributed by atoms with Crippen LogP contribution < -0.4 is 15.9 Å². The van der Waals surface area contributed by atoms with E-state index in [0.717, 1.165) is 34.9 Å². The molecule has 32 heavy (non-hydrogen) atoms. The van der Waals surface area contributed by atoms with Gasteiger partial charge in [0.05, 0.1) is 0 Å². The summed E-state index contributed by atoms with van der Waals surface area (Å²) in [5, 5.41) is 23.9. The molecular formula is C28H32N3P. The summed E-state index contributed by atoms with van der Waals surface area (Å²) in [6.07, 6.45) is 12.3. The van der Waals surface area contributed by atoms with Gasteiger partial charge in [0.15, 0.2) is 0 Å². The van der Waals surface area contributed by atoms with Crippen molar-refractivity contribution in [3.8, 4) is 12.4 Å². The van der Waals surface area contributed by atoms with E-state index in [1.807, 2.05) is 54.6 Å². The fraction of sp³-hybridized carbons (Fsp3) is 0.286. The molecule has 0 radical (unpaired) electrons. The number of nitrogens with zero attached hydrogens (tertiary/aromatic N) is 3. The van der Waals surface area contributed by atoms with E-state index in [2.05, 4.69) is 55.7 Å². The number of hydrogen-bond donors (Lipinski definition) is 0. The Hall–Kier alpha value is -3.13. The first-order valence-corrected chi connectivity index (χ1v) is 13.9. The Kier molecular flexibility index (Phi) is 8.05. The van der Waals surface area contributed by atoms with E-state index in [4.69, 9.17) is 0 Å². The molecule has 0 amide bonds. The SMILES string of the molecule is CCCCCCCCP(c1ccccc1)(c1ccccc1)(c1ccccc1)N(C#N)C#N. The van der Waals surface area contributed by atoms with Gasteiger partial charge in [0.2, 0.25) is 0 Å². The van der Waals surface area contributed by atoms with Gasteiger partial charge in [0.1, 0.15) is 0 Å². The second-order valence-electron chi connectivity index (χ2n) is 8.26. The molecule has 0 fully saturated rings. The average Bonchev–Trinajstić information content (AvgIpc) is 2.87. The molecule has 0 atom stereocenters. The van der Waals surface area contributed by atoms with E-state index >= 15 is 0 Å². The Morgan fingerprint density at radius 1 is 0.594 bits per heavy atom. The van der Waals surface area contributed by atoms with Crippen molar-refractivity contribution in [3.63, 3.8) is 0 Å². The zero-order valence-electron chi connectivity index (χ0n) is 18.9. The zero-order valence-corrected chi connectivity index (χ0v) is 19.8. The van der Waals surface area contributed by atoms with Crippen molar-refractivity contribution in [2.75, 3.05) is 6.16 Å². The summed E-state index contributed by atoms with van der Waals surface area (Å²) < 4.78 is 1.46. The Morgan fingerprint density at radius 3 is 1.34 bits per heavy atom. The third kappa shape index (κ3) is 4.02. The Balaban J connectivity index is 2.33. The first kappa shape index (κ1) is 23.5. The molecule has 0 spiro atoms. The van der Waals surface area contributed by atoms with Gasteiger partial charge < -0.3 is 0 Å². The maximum absolute atomic E-state index is 10.4. The van der Waals surface area contributed by atoms with Gasteiger partial charge in [-0.05, 0) is 0 Å². The number of hydrogen-bond acceptors (Lipinski definition) is 3. The fourth-order valence-electron chi connectivity index (χ4n) is 4.95. The Morgan fingerprint density at radius 2 is 0.969 bits per heavy atom. The van der Waals surface area contributed by atoms with Crippen LogP contribution in [-0.4, -0.2) is 10.8 Å². The van der Waals surface area contributed by atoms with E-state index in [1.165, 1.54) is 30.4 Å². The van der Waals surface area contributed by atoms with Crippen molar-refractivity contribution in [3.05, 3.63) is 91.0 Å². The molecule has 164 valence electrons. The van der Waals surface area contributed by atoms with Crippen LogP contribution in [0.5, 0.6) is 0 Å². The van der Waals surface area contributed by atoms with Crippen molar-refractivity contribution < 1.29 is 0 Å². The average molecular weight is 442 g/mol. The van der Waals surface area contributed by atoms with Crippen molar-refractivity contribution in [1.82, 2.24) is 4.67 Å². The molecule has 0 saturated heterocycles. The molecule has 0 aliphatic carbocycles. The third-order valence-electron chi connectivity index (χ3n) is 6.52. The van der Waals surface area contributed by atoms with Gasteiger partial charge in [0.25, 0.3) is 0 Å². The van der Waals surface area contributed by atoms with Gasteiger partial charge in [-0.15, -0.1) is 0 Å². The molecule has 0 aromatic heterocycles. The maximum atomic E-state index is 10.4. The molecule has 3 aromatic carbocycles. The summed E-state index contributed by atoms with van der Waals surface area (Å²) in [5.41, 5.74) is 0. The monoisotopic (exact) mass is 441 g/mol. The minimum atomic E-state index is -3.59. The zero-order chi connectivity index (χ0) is 22.7. The first-order valence-electron chi connectivity index (χ1n) is 11.5. The van der Waals surface area contributed by atoms with E-state index in [9.17, 15) is 10.5 Å². The van der Waals surface area contributed by atoms with E-state index in [0.29, 0.717) is 0 Å². The summed E-state index contributed by atoms with van der Waals surface area (Å²) in [5.74, 6) is 0. The topological polar surface area (TPSA) is 50.8 Å². The summed E-state index contributed by atoms with van der Waals surface area (Å²) in [7, 11) is 0. The fourth-order valence-corrected chi connectivity index (χ4v) is 11.2. The number of nitriles is 2. The van der Waals surface area contributed by atoms with Crippen LogP contribution in [0.1, 0.15) is 45.4 Å². The second kappa shape index (κ2) is 10.9. The van der Waals surface area contributed by atoms with E-state index in [-0.39, 0.29) is 0 Å². The van der Waals surface area contributed by atoms with Crippen LogP contribution in [0.4, 0.5) is 0 Å². The van der Waals surface area contributed by atoms with Gasteiger partial charge in [-0.3, -0.25) is 0 Å². The molecule has 0 N–H and O–H groups in total. The number of unbranched alkanes of at least 4 members (excludes halogenated alkanes) is 5. The van der Waals surface area contributed by atoms with Crippen LogP contribution in [-0.2, 0) is 0 Å². The van der Waals surface area contributed by atoms with Crippen molar-refractivity contribution in [1.29, 1.82) is 10.5 Å². The molecule has 0 saturated carbocycles. The predicted octanol–water partition coefficient (Wildman–Crippen LogP) is 6.06. The molecule has 4 heteroatoms. The van der Waals surface area contributed by atoms with Crippen LogP contribution in [0.25, 0.3) is 0 Å². The third-order valence-corrected chi connectivity index (χ3v) is 13.0. The minimum absolute atomic E-state index is 0.761. The first-order chi connectivity index (χ1) is 15.7. The predicted molar refractivity (Wildman–Crippen MR) is 136 cm³/mol. The van der Waals surface area contributed by atoms with Crippen molar-refractivity contribution in [2.24, 2.45) is 0 Å². The summed E-state index contributed by atoms with van der Waals surface area (Å²) in [6.45, 7) is -1.36. The number of benzene rings is 3. The molecule has 3 rings (SSSR count). The van der Waals surface area contributed by atoms with Gasteiger partial charge in [-0.25, -0.2) is 0 Å². The van der Waals surface area contributed by atoms with Crippen LogP contribution in [0.3, 0.4) is 0 Å². The number of rotatable bonds is 11. The standard InChI is InChI=1S/C28H32N3P/c1-2-3-4-5-6-16-23-32(31(24-29)25-30,26-17-10-7-11-18-26,27-19-12-8-13-20-27)28-21-14-9-15-22-28/h7-15,17-22H,2-6,16,23H2,1H3. The quantitative estimate of drug-likeness (QED) is 0.157. The molecule has 0 bridgehead atoms. The Bertz CT molecular complexity index is 939. The second-order valence-corrected chi connectivity index (χ2v) is 13.2. The van der Waals surface area contributed by atoms with Gasteiger partial charge in [-0.1, -0.05) is 0 Å². The molecule has 0 heterocycles. The molecule has 3 nitrogen and oxygen atoms in total. The summed E-state index contributed by atoms with van der Waals surface area (Å²) in [6, 6.07) is 30.8. The molecular weight excluding hydrogens is 409 g/mol. The molecule has 0 unspecified atom stereocenters. The van der Waals surface area contributed by atoms with Crippen molar-refractivity contribution >= 4 is 22.7 Å². The van der Waals surface area contributed by atoms with Gasteiger partial charge in [-0.2, -0.15) is 0 Å².